The van der Waals surface area contributed by atoms with Gasteiger partial charge in [-0.1, -0.05) is 12.1 Å². The molecule has 1 unspecified atom stereocenters. The molecular weight excluding hydrogens is 285 g/mol. The van der Waals surface area contributed by atoms with Gasteiger partial charge in [0.25, 0.3) is 0 Å². The van der Waals surface area contributed by atoms with Gasteiger partial charge >= 0.3 is 0 Å². The molecule has 4 heteroatoms. The summed E-state index contributed by atoms with van der Waals surface area (Å²) >= 11 is 1.62. The SMILES string of the molecule is COc1cccc(CC(N)c2cc3cc(F)ccc3s2)c1. The van der Waals surface area contributed by atoms with E-state index in [1.807, 2.05) is 30.3 Å². The van der Waals surface area contributed by atoms with E-state index in [2.05, 4.69) is 0 Å². The average molecular weight is 301 g/mol. The Kier molecular flexibility index (Phi) is 3.90. The molecule has 0 aliphatic carbocycles. The van der Waals surface area contributed by atoms with Crippen molar-refractivity contribution in [2.75, 3.05) is 7.11 Å². The van der Waals surface area contributed by atoms with Crippen LogP contribution < -0.4 is 10.5 Å². The maximum atomic E-state index is 13.2. The Hall–Kier alpha value is -1.91. The number of halogens is 1. The van der Waals surface area contributed by atoms with E-state index in [0.717, 1.165) is 32.7 Å². The third-order valence-corrected chi connectivity index (χ3v) is 4.70. The summed E-state index contributed by atoms with van der Waals surface area (Å²) in [6.07, 6.45) is 0.729. The topological polar surface area (TPSA) is 35.2 Å². The maximum absolute atomic E-state index is 13.2. The zero-order valence-electron chi connectivity index (χ0n) is 11.7. The van der Waals surface area contributed by atoms with Crippen LogP contribution >= 0.6 is 11.3 Å². The summed E-state index contributed by atoms with van der Waals surface area (Å²) in [6, 6.07) is 14.6. The smallest absolute Gasteiger partial charge is 0.123 e. The highest BCUT2D eigenvalue weighted by Crippen LogP contribution is 2.31. The highest BCUT2D eigenvalue weighted by atomic mass is 32.1. The van der Waals surface area contributed by atoms with E-state index in [4.69, 9.17) is 10.5 Å². The van der Waals surface area contributed by atoms with Gasteiger partial charge in [0.2, 0.25) is 0 Å². The number of rotatable bonds is 4. The largest absolute Gasteiger partial charge is 0.497 e. The molecule has 3 aromatic rings. The minimum Gasteiger partial charge on any atom is -0.497 e. The van der Waals surface area contributed by atoms with Crippen LogP contribution in [0.2, 0.25) is 0 Å². The summed E-state index contributed by atoms with van der Waals surface area (Å²) in [5.74, 6) is 0.617. The Morgan fingerprint density at radius 3 is 2.86 bits per heavy atom. The first-order valence-corrected chi connectivity index (χ1v) is 7.55. The lowest BCUT2D eigenvalue weighted by Crippen LogP contribution is -2.11. The molecular formula is C17H16FNOS. The average Bonchev–Trinajstić information content (AvgIpc) is 2.90. The number of methoxy groups -OCH3 is 1. The van der Waals surface area contributed by atoms with Crippen LogP contribution in [0, 0.1) is 5.82 Å². The maximum Gasteiger partial charge on any atom is 0.123 e. The number of nitrogens with two attached hydrogens (primary N) is 1. The predicted molar refractivity (Wildman–Crippen MR) is 85.4 cm³/mol. The Labute approximate surface area is 127 Å². The minimum absolute atomic E-state index is 0.0995. The van der Waals surface area contributed by atoms with E-state index in [-0.39, 0.29) is 11.9 Å². The van der Waals surface area contributed by atoms with Crippen molar-refractivity contribution in [1.29, 1.82) is 0 Å². The second-order valence-corrected chi connectivity index (χ2v) is 6.11. The van der Waals surface area contributed by atoms with Crippen LogP contribution in [0.3, 0.4) is 0 Å². The van der Waals surface area contributed by atoms with Crippen molar-refractivity contribution in [2.45, 2.75) is 12.5 Å². The summed E-state index contributed by atoms with van der Waals surface area (Å²) in [4.78, 5) is 1.07. The fraction of sp³-hybridized carbons (Fsp3) is 0.176. The molecule has 1 atom stereocenters. The Balaban J connectivity index is 1.84. The number of benzene rings is 2. The molecule has 0 fully saturated rings. The first-order chi connectivity index (χ1) is 10.2. The molecule has 0 bridgehead atoms. The van der Waals surface area contributed by atoms with Gasteiger partial charge in [0.05, 0.1) is 7.11 Å². The van der Waals surface area contributed by atoms with Crippen LogP contribution in [0.5, 0.6) is 5.75 Å². The summed E-state index contributed by atoms with van der Waals surface area (Å²) < 4.78 is 19.5. The van der Waals surface area contributed by atoms with Gasteiger partial charge in [-0.15, -0.1) is 11.3 Å². The summed E-state index contributed by atoms with van der Waals surface area (Å²) in [5.41, 5.74) is 7.43. The van der Waals surface area contributed by atoms with Crippen molar-refractivity contribution in [2.24, 2.45) is 5.73 Å². The van der Waals surface area contributed by atoms with Gasteiger partial charge in [-0.25, -0.2) is 4.39 Å². The molecule has 1 heterocycles. The van der Waals surface area contributed by atoms with Crippen LogP contribution in [0.1, 0.15) is 16.5 Å². The monoisotopic (exact) mass is 301 g/mol. The highest BCUT2D eigenvalue weighted by molar-refractivity contribution is 7.19. The number of hydrogen-bond acceptors (Lipinski definition) is 3. The number of thiophene rings is 1. The summed E-state index contributed by atoms with van der Waals surface area (Å²) in [7, 11) is 1.65. The fourth-order valence-electron chi connectivity index (χ4n) is 2.37. The molecule has 0 spiro atoms. The Morgan fingerprint density at radius 1 is 1.19 bits per heavy atom. The van der Waals surface area contributed by atoms with Crippen molar-refractivity contribution in [3.8, 4) is 5.75 Å². The highest BCUT2D eigenvalue weighted by Gasteiger charge is 2.12. The molecule has 2 nitrogen and oxygen atoms in total. The molecule has 0 saturated carbocycles. The van der Waals surface area contributed by atoms with Gasteiger partial charge in [-0.05, 0) is 53.8 Å². The van der Waals surface area contributed by atoms with E-state index in [9.17, 15) is 4.39 Å². The molecule has 2 N–H and O–H groups in total. The van der Waals surface area contributed by atoms with Crippen LogP contribution in [0.4, 0.5) is 4.39 Å². The van der Waals surface area contributed by atoms with Crippen molar-refractivity contribution < 1.29 is 9.13 Å². The van der Waals surface area contributed by atoms with E-state index in [1.165, 1.54) is 6.07 Å². The van der Waals surface area contributed by atoms with Crippen LogP contribution in [0.15, 0.2) is 48.5 Å². The molecule has 108 valence electrons. The normalized spacial score (nSPS) is 12.5. The summed E-state index contributed by atoms with van der Waals surface area (Å²) in [5, 5.41) is 0.913. The van der Waals surface area contributed by atoms with Crippen molar-refractivity contribution in [1.82, 2.24) is 0 Å². The van der Waals surface area contributed by atoms with Gasteiger partial charge in [-0.2, -0.15) is 0 Å². The molecule has 0 radical (unpaired) electrons. The van der Waals surface area contributed by atoms with Crippen molar-refractivity contribution in [3.05, 3.63) is 64.8 Å². The van der Waals surface area contributed by atoms with Gasteiger partial charge in [0.15, 0.2) is 0 Å². The number of fused-ring (bicyclic) bond motifs is 1. The van der Waals surface area contributed by atoms with E-state index in [1.54, 1.807) is 30.6 Å². The quantitative estimate of drug-likeness (QED) is 0.780. The molecule has 21 heavy (non-hydrogen) atoms. The minimum atomic E-state index is -0.215. The lowest BCUT2D eigenvalue weighted by molar-refractivity contribution is 0.414. The fourth-order valence-corrected chi connectivity index (χ4v) is 3.42. The second kappa shape index (κ2) is 5.84. The van der Waals surface area contributed by atoms with Gasteiger partial charge in [0, 0.05) is 15.6 Å². The molecule has 0 aliphatic heterocycles. The Bertz CT molecular complexity index is 768. The van der Waals surface area contributed by atoms with E-state index >= 15 is 0 Å². The zero-order chi connectivity index (χ0) is 14.8. The Morgan fingerprint density at radius 2 is 2.05 bits per heavy atom. The first-order valence-electron chi connectivity index (χ1n) is 6.73. The van der Waals surface area contributed by atoms with Crippen LogP contribution in [-0.4, -0.2) is 7.11 Å². The number of hydrogen-bond donors (Lipinski definition) is 1. The molecule has 0 amide bonds. The number of ether oxygens (including phenoxy) is 1. The van der Waals surface area contributed by atoms with E-state index in [0.29, 0.717) is 0 Å². The lowest BCUT2D eigenvalue weighted by atomic mass is 10.0. The predicted octanol–water partition coefficient (Wildman–Crippen LogP) is 4.29. The van der Waals surface area contributed by atoms with Gasteiger partial charge in [-0.3, -0.25) is 0 Å². The molecule has 3 rings (SSSR count). The molecule has 0 aliphatic rings. The van der Waals surface area contributed by atoms with Crippen molar-refractivity contribution in [3.63, 3.8) is 0 Å². The van der Waals surface area contributed by atoms with Gasteiger partial charge in [0.1, 0.15) is 11.6 Å². The van der Waals surface area contributed by atoms with Crippen LogP contribution in [-0.2, 0) is 6.42 Å². The first kappa shape index (κ1) is 14.0. The van der Waals surface area contributed by atoms with Crippen molar-refractivity contribution >= 4 is 21.4 Å². The third-order valence-electron chi connectivity index (χ3n) is 3.45. The molecule has 0 saturated heterocycles. The zero-order valence-corrected chi connectivity index (χ0v) is 12.5. The third kappa shape index (κ3) is 3.06. The van der Waals surface area contributed by atoms with Gasteiger partial charge < -0.3 is 10.5 Å². The summed E-state index contributed by atoms with van der Waals surface area (Å²) in [6.45, 7) is 0. The second-order valence-electron chi connectivity index (χ2n) is 4.99. The van der Waals surface area contributed by atoms with Crippen LogP contribution in [0.25, 0.3) is 10.1 Å². The lowest BCUT2D eigenvalue weighted by Gasteiger charge is -2.10. The standard InChI is InChI=1S/C17H16FNOS/c1-20-14-4-2-3-11(7-14)8-15(19)17-10-12-9-13(18)5-6-16(12)21-17/h2-7,9-10,15H,8,19H2,1H3. The molecule has 1 aromatic heterocycles. The van der Waals surface area contributed by atoms with E-state index < -0.39 is 0 Å². The molecule has 2 aromatic carbocycles.